The minimum absolute atomic E-state index is 0.173. The van der Waals surface area contributed by atoms with E-state index in [1.807, 2.05) is 13.8 Å². The summed E-state index contributed by atoms with van der Waals surface area (Å²) >= 11 is 0. The Bertz CT molecular complexity index is 263. The highest BCUT2D eigenvalue weighted by Gasteiger charge is 2.27. The monoisotopic (exact) mass is 237 g/mol. The van der Waals surface area contributed by atoms with Crippen molar-refractivity contribution in [3.05, 3.63) is 0 Å². The van der Waals surface area contributed by atoms with E-state index in [4.69, 9.17) is 5.26 Å². The van der Waals surface area contributed by atoms with E-state index in [0.29, 0.717) is 0 Å². The van der Waals surface area contributed by atoms with Gasteiger partial charge >= 0.3 is 0 Å². The van der Waals surface area contributed by atoms with Crippen molar-refractivity contribution >= 4 is 0 Å². The van der Waals surface area contributed by atoms with Crippen LogP contribution in [0.1, 0.15) is 40.5 Å². The van der Waals surface area contributed by atoms with Gasteiger partial charge in [0.05, 0.1) is 11.5 Å². The quantitative estimate of drug-likeness (QED) is 0.710. The van der Waals surface area contributed by atoms with E-state index in [1.54, 1.807) is 0 Å². The number of hydrogen-bond donors (Lipinski definition) is 0. The molecule has 0 N–H and O–H groups in total. The molecule has 17 heavy (non-hydrogen) atoms. The lowest BCUT2D eigenvalue weighted by Gasteiger charge is -2.26. The van der Waals surface area contributed by atoms with E-state index in [1.165, 1.54) is 19.5 Å². The van der Waals surface area contributed by atoms with Crippen LogP contribution in [0.2, 0.25) is 0 Å². The minimum Gasteiger partial charge on any atom is -0.302 e. The Morgan fingerprint density at radius 2 is 2.00 bits per heavy atom. The summed E-state index contributed by atoms with van der Waals surface area (Å²) in [6, 6.07) is 3.12. The van der Waals surface area contributed by atoms with Gasteiger partial charge in [0.15, 0.2) is 0 Å². The number of likely N-dealkylation sites (tertiary alicyclic amines) is 1. The molecule has 98 valence electrons. The lowest BCUT2D eigenvalue weighted by molar-refractivity contribution is 0.205. The zero-order valence-corrected chi connectivity index (χ0v) is 11.9. The third kappa shape index (κ3) is 4.29. The molecule has 1 aliphatic rings. The molecule has 0 aromatic carbocycles. The molecule has 1 unspecified atom stereocenters. The van der Waals surface area contributed by atoms with Crippen LogP contribution in [-0.4, -0.2) is 48.6 Å². The molecule has 0 bridgehead atoms. The van der Waals surface area contributed by atoms with E-state index >= 15 is 0 Å². The summed E-state index contributed by atoms with van der Waals surface area (Å²) in [7, 11) is 0. The van der Waals surface area contributed by atoms with E-state index in [-0.39, 0.29) is 5.41 Å². The maximum absolute atomic E-state index is 9.01. The highest BCUT2D eigenvalue weighted by Crippen LogP contribution is 2.22. The van der Waals surface area contributed by atoms with E-state index < -0.39 is 0 Å². The van der Waals surface area contributed by atoms with Crippen molar-refractivity contribution in [2.45, 2.75) is 46.6 Å². The lowest BCUT2D eigenvalue weighted by Crippen LogP contribution is -2.37. The second kappa shape index (κ2) is 6.37. The number of nitriles is 1. The summed E-state index contributed by atoms with van der Waals surface area (Å²) in [5.41, 5.74) is -0.173. The van der Waals surface area contributed by atoms with Gasteiger partial charge in [0.25, 0.3) is 0 Å². The SMILES string of the molecule is CCN(CC)C1CCN(CCC(C)(C)C#N)C1. The van der Waals surface area contributed by atoms with Crippen LogP contribution in [0.5, 0.6) is 0 Å². The van der Waals surface area contributed by atoms with Crippen molar-refractivity contribution in [2.75, 3.05) is 32.7 Å². The second-order valence-corrected chi connectivity index (χ2v) is 5.71. The normalized spacial score (nSPS) is 22.0. The predicted octanol–water partition coefficient (Wildman–Crippen LogP) is 2.34. The Morgan fingerprint density at radius 3 is 2.53 bits per heavy atom. The first-order valence-corrected chi connectivity index (χ1v) is 6.90. The van der Waals surface area contributed by atoms with Crippen molar-refractivity contribution in [1.82, 2.24) is 9.80 Å². The molecule has 0 amide bonds. The van der Waals surface area contributed by atoms with Crippen LogP contribution in [0.4, 0.5) is 0 Å². The van der Waals surface area contributed by atoms with Crippen molar-refractivity contribution in [1.29, 1.82) is 5.26 Å². The first kappa shape index (κ1) is 14.5. The summed E-state index contributed by atoms with van der Waals surface area (Å²) in [6.45, 7) is 14.3. The van der Waals surface area contributed by atoms with Gasteiger partial charge in [-0.1, -0.05) is 13.8 Å². The smallest absolute Gasteiger partial charge is 0.0684 e. The highest BCUT2D eigenvalue weighted by molar-refractivity contribution is 4.93. The standard InChI is InChI=1S/C14H27N3/c1-5-17(6-2)13-7-9-16(11-13)10-8-14(3,4)12-15/h13H,5-11H2,1-4H3. The van der Waals surface area contributed by atoms with Crippen molar-refractivity contribution < 1.29 is 0 Å². The Kier molecular flexibility index (Phi) is 5.42. The number of hydrogen-bond acceptors (Lipinski definition) is 3. The molecule has 0 radical (unpaired) electrons. The molecule has 1 fully saturated rings. The maximum atomic E-state index is 9.01. The molecule has 3 nitrogen and oxygen atoms in total. The Balaban J connectivity index is 2.34. The molecule has 0 saturated carbocycles. The summed E-state index contributed by atoms with van der Waals surface area (Å²) < 4.78 is 0. The largest absolute Gasteiger partial charge is 0.302 e. The van der Waals surface area contributed by atoms with Crippen molar-refractivity contribution in [2.24, 2.45) is 5.41 Å². The molecule has 1 heterocycles. The zero-order valence-electron chi connectivity index (χ0n) is 11.9. The topological polar surface area (TPSA) is 30.3 Å². The summed E-state index contributed by atoms with van der Waals surface area (Å²) in [5.74, 6) is 0. The fourth-order valence-corrected chi connectivity index (χ4v) is 2.55. The molecule has 3 heteroatoms. The molecular formula is C14H27N3. The fraction of sp³-hybridized carbons (Fsp3) is 0.929. The second-order valence-electron chi connectivity index (χ2n) is 5.71. The average Bonchev–Trinajstić information content (AvgIpc) is 2.77. The third-order valence-electron chi connectivity index (χ3n) is 3.93. The molecule has 0 spiro atoms. The van der Waals surface area contributed by atoms with Gasteiger partial charge in [0.1, 0.15) is 0 Å². The van der Waals surface area contributed by atoms with Gasteiger partial charge in [0.2, 0.25) is 0 Å². The molecule has 1 atom stereocenters. The van der Waals surface area contributed by atoms with Crippen LogP contribution in [0, 0.1) is 16.7 Å². The van der Waals surface area contributed by atoms with Gasteiger partial charge in [-0.3, -0.25) is 4.90 Å². The third-order valence-corrected chi connectivity index (χ3v) is 3.93. The number of rotatable bonds is 6. The van der Waals surface area contributed by atoms with Gasteiger partial charge in [-0.15, -0.1) is 0 Å². The maximum Gasteiger partial charge on any atom is 0.0684 e. The fourth-order valence-electron chi connectivity index (χ4n) is 2.55. The zero-order chi connectivity index (χ0) is 12.9. The van der Waals surface area contributed by atoms with Crippen molar-refractivity contribution in [3.63, 3.8) is 0 Å². The predicted molar refractivity (Wildman–Crippen MR) is 71.8 cm³/mol. The van der Waals surface area contributed by atoms with Crippen molar-refractivity contribution in [3.8, 4) is 6.07 Å². The van der Waals surface area contributed by atoms with E-state index in [2.05, 4.69) is 29.7 Å². The van der Waals surface area contributed by atoms with Crippen LogP contribution in [0.25, 0.3) is 0 Å². The summed E-state index contributed by atoms with van der Waals surface area (Å²) in [6.07, 6.45) is 2.27. The molecule has 0 aromatic rings. The van der Waals surface area contributed by atoms with Gasteiger partial charge in [0, 0.05) is 12.6 Å². The van der Waals surface area contributed by atoms with E-state index in [0.717, 1.165) is 32.1 Å². The van der Waals surface area contributed by atoms with Crippen LogP contribution in [0.3, 0.4) is 0 Å². The van der Waals surface area contributed by atoms with E-state index in [9.17, 15) is 0 Å². The van der Waals surface area contributed by atoms with Gasteiger partial charge < -0.3 is 4.90 Å². The molecule has 1 saturated heterocycles. The highest BCUT2D eigenvalue weighted by atomic mass is 15.2. The minimum atomic E-state index is -0.173. The molecule has 1 aliphatic heterocycles. The Hall–Kier alpha value is -0.590. The van der Waals surface area contributed by atoms with Crippen LogP contribution < -0.4 is 0 Å². The van der Waals surface area contributed by atoms with Crippen LogP contribution >= 0.6 is 0 Å². The Labute approximate surface area is 106 Å². The summed E-state index contributed by atoms with van der Waals surface area (Å²) in [4.78, 5) is 5.07. The average molecular weight is 237 g/mol. The van der Waals surface area contributed by atoms with Gasteiger partial charge in [-0.05, 0) is 52.9 Å². The number of likely N-dealkylation sites (N-methyl/N-ethyl adjacent to an activating group) is 1. The van der Waals surface area contributed by atoms with Gasteiger partial charge in [-0.25, -0.2) is 0 Å². The Morgan fingerprint density at radius 1 is 1.35 bits per heavy atom. The van der Waals surface area contributed by atoms with Crippen LogP contribution in [0.15, 0.2) is 0 Å². The summed E-state index contributed by atoms with van der Waals surface area (Å²) in [5, 5.41) is 9.01. The first-order valence-electron chi connectivity index (χ1n) is 6.90. The van der Waals surface area contributed by atoms with Gasteiger partial charge in [-0.2, -0.15) is 5.26 Å². The molecule has 0 aromatic heterocycles. The lowest BCUT2D eigenvalue weighted by atomic mass is 9.91. The first-order chi connectivity index (χ1) is 8.02. The number of nitrogens with zero attached hydrogens (tertiary/aromatic N) is 3. The molecule has 1 rings (SSSR count). The molecule has 0 aliphatic carbocycles. The molecular weight excluding hydrogens is 210 g/mol. The van der Waals surface area contributed by atoms with Crippen LogP contribution in [-0.2, 0) is 0 Å².